The van der Waals surface area contributed by atoms with E-state index in [2.05, 4.69) is 16.0 Å². The third-order valence-electron chi connectivity index (χ3n) is 2.83. The zero-order chi connectivity index (χ0) is 15.7. The summed E-state index contributed by atoms with van der Waals surface area (Å²) >= 11 is 0. The van der Waals surface area contributed by atoms with Gasteiger partial charge in [0.25, 0.3) is 11.8 Å². The Balaban J connectivity index is 2.78. The van der Waals surface area contributed by atoms with Crippen LogP contribution in [0.3, 0.4) is 0 Å². The van der Waals surface area contributed by atoms with Gasteiger partial charge in [-0.3, -0.25) is 14.9 Å². The van der Waals surface area contributed by atoms with Crippen molar-refractivity contribution in [1.82, 2.24) is 16.0 Å². The van der Waals surface area contributed by atoms with E-state index < -0.39 is 18.0 Å². The second kappa shape index (κ2) is 8.70. The third kappa shape index (κ3) is 5.62. The summed E-state index contributed by atoms with van der Waals surface area (Å²) < 4.78 is 0. The molecule has 5 N–H and O–H groups in total. The number of hydrogen-bond donors (Lipinski definition) is 4. The number of imide groups is 1. The van der Waals surface area contributed by atoms with Crippen molar-refractivity contribution in [3.05, 3.63) is 35.9 Å². The SMILES string of the molecule is CCNC(=O)NC(=O)[C@@H]([NH2+]CC(=O)NC)c1ccccc1. The van der Waals surface area contributed by atoms with E-state index in [1.165, 1.54) is 7.05 Å². The number of benzene rings is 1. The third-order valence-corrected chi connectivity index (χ3v) is 2.83. The largest absolute Gasteiger partial charge is 0.354 e. The number of carbonyl (C=O) groups excluding carboxylic acids is 3. The first kappa shape index (κ1) is 16.6. The summed E-state index contributed by atoms with van der Waals surface area (Å²) in [6.45, 7) is 2.28. The molecule has 0 heterocycles. The van der Waals surface area contributed by atoms with Crippen molar-refractivity contribution in [1.29, 1.82) is 0 Å². The Hall–Kier alpha value is -2.41. The second-order valence-corrected chi connectivity index (χ2v) is 4.35. The van der Waals surface area contributed by atoms with Crippen molar-refractivity contribution in [2.45, 2.75) is 13.0 Å². The molecule has 1 aromatic carbocycles. The van der Waals surface area contributed by atoms with Gasteiger partial charge in [0.05, 0.1) is 0 Å². The Morgan fingerprint density at radius 3 is 2.43 bits per heavy atom. The van der Waals surface area contributed by atoms with Crippen LogP contribution in [0.15, 0.2) is 30.3 Å². The van der Waals surface area contributed by atoms with Crippen LogP contribution in [-0.2, 0) is 9.59 Å². The number of carbonyl (C=O) groups is 3. The number of amides is 4. The van der Waals surface area contributed by atoms with E-state index in [-0.39, 0.29) is 12.5 Å². The number of quaternary nitrogens is 1. The first-order valence-corrected chi connectivity index (χ1v) is 6.76. The van der Waals surface area contributed by atoms with E-state index in [9.17, 15) is 14.4 Å². The molecule has 0 aromatic heterocycles. The van der Waals surface area contributed by atoms with Crippen molar-refractivity contribution in [2.24, 2.45) is 0 Å². The standard InChI is InChI=1S/C14H20N4O3/c1-3-16-14(21)18-13(20)12(17-9-11(19)15-2)10-7-5-4-6-8-10/h4-8,12,17H,3,9H2,1-2H3,(H,15,19)(H2,16,18,20,21)/p+1/t12-/m0/s1. The van der Waals surface area contributed by atoms with Crippen LogP contribution in [-0.4, -0.2) is 38.0 Å². The van der Waals surface area contributed by atoms with Crippen molar-refractivity contribution in [2.75, 3.05) is 20.1 Å². The maximum absolute atomic E-state index is 12.2. The summed E-state index contributed by atoms with van der Waals surface area (Å²) in [5.74, 6) is -0.655. The van der Waals surface area contributed by atoms with Crippen LogP contribution in [0.1, 0.15) is 18.5 Å². The molecule has 114 valence electrons. The lowest BCUT2D eigenvalue weighted by Gasteiger charge is -2.15. The van der Waals surface area contributed by atoms with Crippen LogP contribution in [0.5, 0.6) is 0 Å². The lowest BCUT2D eigenvalue weighted by atomic mass is 10.1. The van der Waals surface area contributed by atoms with Crippen LogP contribution in [0.25, 0.3) is 0 Å². The van der Waals surface area contributed by atoms with E-state index in [1.54, 1.807) is 36.5 Å². The molecule has 1 aromatic rings. The minimum atomic E-state index is -0.661. The van der Waals surface area contributed by atoms with Gasteiger partial charge in [-0.15, -0.1) is 0 Å². The predicted octanol–water partition coefficient (Wildman–Crippen LogP) is -1.12. The molecule has 21 heavy (non-hydrogen) atoms. The molecular weight excluding hydrogens is 272 g/mol. The lowest BCUT2D eigenvalue weighted by molar-refractivity contribution is -0.672. The average Bonchev–Trinajstić information content (AvgIpc) is 2.48. The average molecular weight is 293 g/mol. The van der Waals surface area contributed by atoms with Crippen LogP contribution < -0.4 is 21.3 Å². The smallest absolute Gasteiger partial charge is 0.321 e. The van der Waals surface area contributed by atoms with Crippen LogP contribution in [0, 0.1) is 0 Å². The molecule has 0 saturated heterocycles. The quantitative estimate of drug-likeness (QED) is 0.534. The first-order valence-electron chi connectivity index (χ1n) is 6.76. The van der Waals surface area contributed by atoms with Gasteiger partial charge in [0.15, 0.2) is 12.6 Å². The Kier molecular flexibility index (Phi) is 6.90. The van der Waals surface area contributed by atoms with Crippen LogP contribution in [0.2, 0.25) is 0 Å². The lowest BCUT2D eigenvalue weighted by Crippen LogP contribution is -2.89. The highest BCUT2D eigenvalue weighted by Gasteiger charge is 2.26. The molecule has 0 radical (unpaired) electrons. The minimum Gasteiger partial charge on any atom is -0.354 e. The fraction of sp³-hybridized carbons (Fsp3) is 0.357. The Bertz CT molecular complexity index is 490. The monoisotopic (exact) mass is 293 g/mol. The molecule has 0 aliphatic heterocycles. The number of urea groups is 1. The summed E-state index contributed by atoms with van der Waals surface area (Å²) in [6, 6.07) is 7.79. The summed E-state index contributed by atoms with van der Waals surface area (Å²) in [4.78, 5) is 35.0. The van der Waals surface area contributed by atoms with E-state index >= 15 is 0 Å². The fourth-order valence-corrected chi connectivity index (χ4v) is 1.78. The van der Waals surface area contributed by atoms with Crippen molar-refractivity contribution in [3.8, 4) is 0 Å². The van der Waals surface area contributed by atoms with Gasteiger partial charge in [-0.25, -0.2) is 4.79 Å². The normalized spacial score (nSPS) is 11.3. The molecular formula is C14H21N4O3+. The van der Waals surface area contributed by atoms with Gasteiger partial charge in [0, 0.05) is 19.2 Å². The molecule has 0 aliphatic rings. The first-order chi connectivity index (χ1) is 10.1. The summed E-state index contributed by atoms with van der Waals surface area (Å²) in [6.07, 6.45) is 0. The molecule has 0 aliphatic carbocycles. The summed E-state index contributed by atoms with van der Waals surface area (Å²) in [7, 11) is 1.53. The number of rotatable bonds is 6. The zero-order valence-corrected chi connectivity index (χ0v) is 12.2. The molecule has 1 rings (SSSR count). The topological polar surface area (TPSA) is 104 Å². The Morgan fingerprint density at radius 1 is 1.19 bits per heavy atom. The maximum Gasteiger partial charge on any atom is 0.321 e. The van der Waals surface area contributed by atoms with Gasteiger partial charge < -0.3 is 16.0 Å². The van der Waals surface area contributed by atoms with Gasteiger partial charge in [0.1, 0.15) is 0 Å². The molecule has 0 spiro atoms. The van der Waals surface area contributed by atoms with Gasteiger partial charge in [0.2, 0.25) is 0 Å². The van der Waals surface area contributed by atoms with Gasteiger partial charge in [-0.2, -0.15) is 0 Å². The zero-order valence-electron chi connectivity index (χ0n) is 12.2. The molecule has 7 nitrogen and oxygen atoms in total. The molecule has 0 fully saturated rings. The number of nitrogens with one attached hydrogen (secondary N) is 3. The predicted molar refractivity (Wildman–Crippen MR) is 77.3 cm³/mol. The van der Waals surface area contributed by atoms with Gasteiger partial charge in [-0.05, 0) is 6.92 Å². The minimum absolute atomic E-state index is 0.0961. The number of likely N-dealkylation sites (N-methyl/N-ethyl adjacent to an activating group) is 1. The Labute approximate surface area is 123 Å². The highest BCUT2D eigenvalue weighted by molar-refractivity contribution is 5.96. The highest BCUT2D eigenvalue weighted by Crippen LogP contribution is 2.08. The van der Waals surface area contributed by atoms with E-state index in [4.69, 9.17) is 0 Å². The Morgan fingerprint density at radius 2 is 1.86 bits per heavy atom. The maximum atomic E-state index is 12.2. The summed E-state index contributed by atoms with van der Waals surface area (Å²) in [5.41, 5.74) is 0.725. The van der Waals surface area contributed by atoms with Crippen LogP contribution >= 0.6 is 0 Å². The summed E-state index contributed by atoms with van der Waals surface area (Å²) in [5, 5.41) is 8.84. The molecule has 4 amide bonds. The molecule has 7 heteroatoms. The fourth-order valence-electron chi connectivity index (χ4n) is 1.78. The second-order valence-electron chi connectivity index (χ2n) is 4.35. The van der Waals surface area contributed by atoms with Crippen LogP contribution in [0.4, 0.5) is 4.79 Å². The van der Waals surface area contributed by atoms with Gasteiger partial charge >= 0.3 is 6.03 Å². The molecule has 0 unspecified atom stereocenters. The van der Waals surface area contributed by atoms with Crippen molar-refractivity contribution >= 4 is 17.8 Å². The molecule has 0 saturated carbocycles. The molecule has 1 atom stereocenters. The van der Waals surface area contributed by atoms with E-state index in [0.717, 1.165) is 5.56 Å². The number of nitrogens with two attached hydrogens (primary N) is 1. The van der Waals surface area contributed by atoms with Crippen molar-refractivity contribution < 1.29 is 19.7 Å². The molecule has 0 bridgehead atoms. The van der Waals surface area contributed by atoms with Gasteiger partial charge in [-0.1, -0.05) is 30.3 Å². The van der Waals surface area contributed by atoms with E-state index in [1.807, 2.05) is 6.07 Å². The van der Waals surface area contributed by atoms with Crippen molar-refractivity contribution in [3.63, 3.8) is 0 Å². The van der Waals surface area contributed by atoms with E-state index in [0.29, 0.717) is 6.54 Å². The number of hydrogen-bond acceptors (Lipinski definition) is 3. The highest BCUT2D eigenvalue weighted by atomic mass is 16.2.